The van der Waals surface area contributed by atoms with Gasteiger partial charge in [0.1, 0.15) is 0 Å². The van der Waals surface area contributed by atoms with Crippen LogP contribution in [0.25, 0.3) is 0 Å². The van der Waals surface area contributed by atoms with Gasteiger partial charge in [0, 0.05) is 25.4 Å². The van der Waals surface area contributed by atoms with E-state index in [1.807, 2.05) is 25.0 Å². The Hall–Kier alpha value is -1.60. The number of hydrogen-bond donors (Lipinski definition) is 3. The predicted molar refractivity (Wildman–Crippen MR) is 95.0 cm³/mol. The number of aliphatic hydroxyl groups is 1. The van der Waals surface area contributed by atoms with E-state index >= 15 is 0 Å². The number of rotatable bonds is 8. The number of hydrogen-bond acceptors (Lipinski definition) is 4. The van der Waals surface area contributed by atoms with Crippen LogP contribution in [-0.4, -0.2) is 59.1 Å². The number of aromatic nitrogens is 2. The molecule has 3 N–H and O–H groups in total. The largest absolute Gasteiger partial charge is 0.396 e. The lowest BCUT2D eigenvalue weighted by Crippen LogP contribution is -2.43. The second-order valence-electron chi connectivity index (χ2n) is 6.91. The van der Waals surface area contributed by atoms with Crippen molar-refractivity contribution in [1.82, 2.24) is 20.0 Å². The van der Waals surface area contributed by atoms with Crippen molar-refractivity contribution in [3.63, 3.8) is 0 Å². The van der Waals surface area contributed by atoms with E-state index in [-0.39, 0.29) is 18.7 Å². The smallest absolute Gasteiger partial charge is 0.319 e. The third-order valence-electron chi connectivity index (χ3n) is 4.64. The molecule has 0 radical (unpaired) electrons. The first-order chi connectivity index (χ1) is 11.6. The Morgan fingerprint density at radius 1 is 1.42 bits per heavy atom. The molecule has 0 spiro atoms. The zero-order chi connectivity index (χ0) is 17.4. The second-order valence-corrected chi connectivity index (χ2v) is 6.91. The molecule has 1 fully saturated rings. The number of nitrogens with one attached hydrogen (secondary N) is 2. The van der Waals surface area contributed by atoms with E-state index in [1.54, 1.807) is 6.20 Å². The van der Waals surface area contributed by atoms with Gasteiger partial charge in [0.2, 0.25) is 0 Å². The molecule has 7 nitrogen and oxygen atoms in total. The minimum atomic E-state index is -0.216. The zero-order valence-corrected chi connectivity index (χ0v) is 14.9. The molecule has 2 amide bonds. The lowest BCUT2D eigenvalue weighted by atomic mass is 9.83. The first kappa shape index (κ1) is 18.7. The standard InChI is InChI=1S/C17H31N5O2/c1-21(2)9-10-22-13-15(12-18-22)19-17(24)20-16(8-11-23)14-6-4-3-5-7-14/h12-14,16,23H,3-11H2,1-2H3,(H2,19,20,24). The van der Waals surface area contributed by atoms with Crippen LogP contribution in [0.4, 0.5) is 10.5 Å². The Bertz CT molecular complexity index is 497. The van der Waals surface area contributed by atoms with Gasteiger partial charge in [0.15, 0.2) is 0 Å². The summed E-state index contributed by atoms with van der Waals surface area (Å²) < 4.78 is 1.82. The predicted octanol–water partition coefficient (Wildman–Crippen LogP) is 1.90. The van der Waals surface area contributed by atoms with Crippen molar-refractivity contribution in [3.05, 3.63) is 12.4 Å². The Morgan fingerprint density at radius 3 is 2.83 bits per heavy atom. The highest BCUT2D eigenvalue weighted by Gasteiger charge is 2.24. The van der Waals surface area contributed by atoms with Crippen LogP contribution < -0.4 is 10.6 Å². The summed E-state index contributed by atoms with van der Waals surface area (Å²) in [5.41, 5.74) is 0.692. The van der Waals surface area contributed by atoms with Gasteiger partial charge in [-0.1, -0.05) is 19.3 Å². The first-order valence-electron chi connectivity index (χ1n) is 8.94. The molecule has 24 heavy (non-hydrogen) atoms. The van der Waals surface area contributed by atoms with Crippen molar-refractivity contribution in [1.29, 1.82) is 0 Å². The van der Waals surface area contributed by atoms with E-state index < -0.39 is 0 Å². The van der Waals surface area contributed by atoms with Gasteiger partial charge >= 0.3 is 6.03 Å². The third-order valence-corrected chi connectivity index (χ3v) is 4.64. The fourth-order valence-electron chi connectivity index (χ4n) is 3.29. The molecule has 1 aromatic rings. The highest BCUT2D eigenvalue weighted by molar-refractivity contribution is 5.89. The van der Waals surface area contributed by atoms with Gasteiger partial charge in [-0.15, -0.1) is 0 Å². The number of carbonyl (C=O) groups is 1. The van der Waals surface area contributed by atoms with E-state index in [0.29, 0.717) is 18.0 Å². The van der Waals surface area contributed by atoms with Crippen LogP contribution in [0.1, 0.15) is 38.5 Å². The molecule has 2 rings (SSSR count). The maximum atomic E-state index is 12.3. The van der Waals surface area contributed by atoms with E-state index in [4.69, 9.17) is 0 Å². The first-order valence-corrected chi connectivity index (χ1v) is 8.94. The maximum Gasteiger partial charge on any atom is 0.319 e. The van der Waals surface area contributed by atoms with Gasteiger partial charge in [0.05, 0.1) is 18.4 Å². The molecule has 1 aliphatic rings. The number of aliphatic hydroxyl groups excluding tert-OH is 1. The highest BCUT2D eigenvalue weighted by Crippen LogP contribution is 2.27. The summed E-state index contributed by atoms with van der Waals surface area (Å²) >= 11 is 0. The van der Waals surface area contributed by atoms with Crippen molar-refractivity contribution in [2.24, 2.45) is 5.92 Å². The third kappa shape index (κ3) is 6.13. The topological polar surface area (TPSA) is 82.4 Å². The summed E-state index contributed by atoms with van der Waals surface area (Å²) in [5.74, 6) is 0.472. The fourth-order valence-corrected chi connectivity index (χ4v) is 3.29. The number of likely N-dealkylation sites (N-methyl/N-ethyl adjacent to an activating group) is 1. The van der Waals surface area contributed by atoms with Crippen LogP contribution in [0.5, 0.6) is 0 Å². The fraction of sp³-hybridized carbons (Fsp3) is 0.765. The monoisotopic (exact) mass is 337 g/mol. The van der Waals surface area contributed by atoms with Gasteiger partial charge in [-0.2, -0.15) is 5.10 Å². The minimum Gasteiger partial charge on any atom is -0.396 e. The Balaban J connectivity index is 1.83. The van der Waals surface area contributed by atoms with Crippen molar-refractivity contribution in [3.8, 4) is 0 Å². The van der Waals surface area contributed by atoms with Crippen molar-refractivity contribution < 1.29 is 9.90 Å². The molecule has 1 heterocycles. The molecule has 1 aromatic heterocycles. The summed E-state index contributed by atoms with van der Waals surface area (Å²) in [7, 11) is 4.03. The van der Waals surface area contributed by atoms with E-state index in [9.17, 15) is 9.90 Å². The van der Waals surface area contributed by atoms with E-state index in [1.165, 1.54) is 19.3 Å². The summed E-state index contributed by atoms with van der Waals surface area (Å²) in [5, 5.41) is 19.4. The zero-order valence-electron chi connectivity index (χ0n) is 14.9. The lowest BCUT2D eigenvalue weighted by molar-refractivity contribution is 0.202. The van der Waals surface area contributed by atoms with Crippen LogP contribution >= 0.6 is 0 Å². The molecule has 0 saturated heterocycles. The molecule has 1 aliphatic carbocycles. The Kier molecular flexibility index (Phi) is 7.52. The molecular formula is C17H31N5O2. The summed E-state index contributed by atoms with van der Waals surface area (Å²) in [6, 6.07) is -0.176. The quantitative estimate of drug-likeness (QED) is 0.677. The number of carbonyl (C=O) groups excluding carboxylic acids is 1. The Morgan fingerprint density at radius 2 is 2.17 bits per heavy atom. The highest BCUT2D eigenvalue weighted by atomic mass is 16.3. The summed E-state index contributed by atoms with van der Waals surface area (Å²) in [4.78, 5) is 14.4. The van der Waals surface area contributed by atoms with Crippen molar-refractivity contribution >= 4 is 11.7 Å². The van der Waals surface area contributed by atoms with E-state index in [0.717, 1.165) is 25.9 Å². The molecule has 136 valence electrons. The number of urea groups is 1. The summed E-state index contributed by atoms with van der Waals surface area (Å²) in [6.45, 7) is 1.78. The van der Waals surface area contributed by atoms with E-state index in [2.05, 4.69) is 20.6 Å². The molecule has 1 saturated carbocycles. The molecule has 1 unspecified atom stereocenters. The van der Waals surface area contributed by atoms with Gasteiger partial charge in [-0.25, -0.2) is 4.79 Å². The average molecular weight is 337 g/mol. The van der Waals surface area contributed by atoms with Gasteiger partial charge in [-0.3, -0.25) is 4.68 Å². The molecule has 1 atom stereocenters. The SMILES string of the molecule is CN(C)CCn1cc(NC(=O)NC(CCO)C2CCCCC2)cn1. The van der Waals surface area contributed by atoms with Crippen LogP contribution in [0.2, 0.25) is 0 Å². The van der Waals surface area contributed by atoms with Crippen LogP contribution in [-0.2, 0) is 6.54 Å². The molecule has 0 aromatic carbocycles. The lowest BCUT2D eigenvalue weighted by Gasteiger charge is -2.30. The maximum absolute atomic E-state index is 12.3. The molecule has 0 bridgehead atoms. The van der Waals surface area contributed by atoms with Crippen LogP contribution in [0, 0.1) is 5.92 Å². The van der Waals surface area contributed by atoms with Gasteiger partial charge < -0.3 is 20.6 Å². The normalized spacial score (nSPS) is 17.0. The number of amides is 2. The van der Waals surface area contributed by atoms with Crippen molar-refractivity contribution in [2.75, 3.05) is 32.6 Å². The Labute approximate surface area is 144 Å². The number of anilines is 1. The van der Waals surface area contributed by atoms with Crippen LogP contribution in [0.3, 0.4) is 0 Å². The average Bonchev–Trinajstić information content (AvgIpc) is 3.00. The summed E-state index contributed by atoms with van der Waals surface area (Å²) in [6.07, 6.45) is 10.1. The minimum absolute atomic E-state index is 0.0408. The molecule has 7 heteroatoms. The number of nitrogens with zero attached hydrogens (tertiary/aromatic N) is 3. The molecular weight excluding hydrogens is 306 g/mol. The second kappa shape index (κ2) is 9.64. The van der Waals surface area contributed by atoms with Gasteiger partial charge in [-0.05, 0) is 39.3 Å². The van der Waals surface area contributed by atoms with Gasteiger partial charge in [0.25, 0.3) is 0 Å². The van der Waals surface area contributed by atoms with Crippen molar-refractivity contribution in [2.45, 2.75) is 51.1 Å². The molecule has 0 aliphatic heterocycles. The van der Waals surface area contributed by atoms with Crippen LogP contribution in [0.15, 0.2) is 12.4 Å².